The lowest BCUT2D eigenvalue weighted by atomic mass is 10.3. The molecule has 1 aromatic carbocycles. The maximum absolute atomic E-state index is 12.0. The van der Waals surface area contributed by atoms with Crippen LogP contribution in [0.25, 0.3) is 5.65 Å². The Morgan fingerprint density at radius 3 is 2.64 bits per heavy atom. The van der Waals surface area contributed by atoms with Crippen molar-refractivity contribution in [1.29, 1.82) is 0 Å². The lowest BCUT2D eigenvalue weighted by molar-refractivity contribution is -0.116. The van der Waals surface area contributed by atoms with E-state index in [1.807, 2.05) is 12.1 Å². The number of urea groups is 1. The number of carbonyl (C=O) groups is 2. The van der Waals surface area contributed by atoms with Crippen molar-refractivity contribution in [2.75, 3.05) is 17.2 Å². The number of hydrogen-bond acceptors (Lipinski definition) is 4. The molecule has 0 aliphatic carbocycles. The van der Waals surface area contributed by atoms with Crippen LogP contribution in [-0.4, -0.2) is 33.1 Å². The predicted octanol–water partition coefficient (Wildman–Crippen LogP) is 2.64. The van der Waals surface area contributed by atoms with E-state index in [0.717, 1.165) is 4.47 Å². The van der Waals surface area contributed by atoms with E-state index in [9.17, 15) is 9.59 Å². The highest BCUT2D eigenvalue weighted by molar-refractivity contribution is 9.10. The van der Waals surface area contributed by atoms with Crippen LogP contribution in [-0.2, 0) is 4.79 Å². The van der Waals surface area contributed by atoms with E-state index in [4.69, 9.17) is 0 Å². The van der Waals surface area contributed by atoms with Gasteiger partial charge >= 0.3 is 6.03 Å². The third-order valence-electron chi connectivity index (χ3n) is 3.30. The van der Waals surface area contributed by atoms with Crippen molar-refractivity contribution in [2.24, 2.45) is 0 Å². The second kappa shape index (κ2) is 7.75. The quantitative estimate of drug-likeness (QED) is 0.610. The standard InChI is InChI=1S/C16H15BrN6O2/c17-11-1-3-12(4-2-11)21-16(25)19-9-7-15(24)22-14-5-8-18-13-6-10-20-23(13)14/h1-6,8,10H,7,9H2,(H,22,24)(H2,19,21,25). The first-order valence-electron chi connectivity index (χ1n) is 7.51. The van der Waals surface area contributed by atoms with Gasteiger partial charge in [0.1, 0.15) is 5.82 Å². The van der Waals surface area contributed by atoms with Gasteiger partial charge in [0.2, 0.25) is 5.91 Å². The molecule has 3 rings (SSSR count). The predicted molar refractivity (Wildman–Crippen MR) is 97.4 cm³/mol. The van der Waals surface area contributed by atoms with Gasteiger partial charge in [-0.3, -0.25) is 4.79 Å². The molecule has 0 saturated carbocycles. The number of fused-ring (bicyclic) bond motifs is 1. The number of benzene rings is 1. The zero-order valence-corrected chi connectivity index (χ0v) is 14.7. The Kier molecular flexibility index (Phi) is 5.24. The van der Waals surface area contributed by atoms with Gasteiger partial charge in [-0.25, -0.2) is 9.78 Å². The number of halogens is 1. The minimum atomic E-state index is -0.367. The summed E-state index contributed by atoms with van der Waals surface area (Å²) in [6, 6.07) is 10.2. The second-order valence-corrected chi connectivity index (χ2v) is 6.03. The van der Waals surface area contributed by atoms with Gasteiger partial charge in [0.25, 0.3) is 0 Å². The van der Waals surface area contributed by atoms with E-state index in [-0.39, 0.29) is 24.9 Å². The minimum Gasteiger partial charge on any atom is -0.337 e. The summed E-state index contributed by atoms with van der Waals surface area (Å²) in [7, 11) is 0. The molecule has 0 aliphatic rings. The third kappa shape index (κ3) is 4.54. The van der Waals surface area contributed by atoms with Crippen LogP contribution < -0.4 is 16.0 Å². The maximum Gasteiger partial charge on any atom is 0.319 e. The molecule has 2 aromatic heterocycles. The molecule has 3 aromatic rings. The Balaban J connectivity index is 1.45. The summed E-state index contributed by atoms with van der Waals surface area (Å²) in [5, 5.41) is 12.2. The number of aromatic nitrogens is 3. The lowest BCUT2D eigenvalue weighted by Crippen LogP contribution is -2.31. The molecule has 3 N–H and O–H groups in total. The van der Waals surface area contributed by atoms with Crippen molar-refractivity contribution in [3.05, 3.63) is 53.3 Å². The van der Waals surface area contributed by atoms with Gasteiger partial charge in [-0.15, -0.1) is 0 Å². The van der Waals surface area contributed by atoms with Crippen LogP contribution in [0.4, 0.5) is 16.3 Å². The molecule has 0 radical (unpaired) electrons. The fourth-order valence-electron chi connectivity index (χ4n) is 2.13. The molecule has 0 aliphatic heterocycles. The van der Waals surface area contributed by atoms with E-state index < -0.39 is 0 Å². The average Bonchev–Trinajstić information content (AvgIpc) is 3.07. The van der Waals surface area contributed by atoms with Crippen molar-refractivity contribution in [3.8, 4) is 0 Å². The highest BCUT2D eigenvalue weighted by atomic mass is 79.9. The molecule has 3 amide bonds. The smallest absolute Gasteiger partial charge is 0.319 e. The van der Waals surface area contributed by atoms with Gasteiger partial charge in [-0.2, -0.15) is 9.61 Å². The molecule has 0 fully saturated rings. The normalized spacial score (nSPS) is 10.4. The zero-order chi connectivity index (χ0) is 17.6. The van der Waals surface area contributed by atoms with Crippen LogP contribution in [0.1, 0.15) is 6.42 Å². The molecule has 0 spiro atoms. The van der Waals surface area contributed by atoms with Gasteiger partial charge in [-0.1, -0.05) is 15.9 Å². The summed E-state index contributed by atoms with van der Waals surface area (Å²) in [4.78, 5) is 27.9. The number of nitrogens with zero attached hydrogens (tertiary/aromatic N) is 3. The van der Waals surface area contributed by atoms with Gasteiger partial charge in [0.05, 0.1) is 6.20 Å². The van der Waals surface area contributed by atoms with Gasteiger partial charge in [0.15, 0.2) is 5.65 Å². The first kappa shape index (κ1) is 16.9. The topological polar surface area (TPSA) is 100 Å². The molecule has 0 unspecified atom stereocenters. The Hall–Kier alpha value is -2.94. The summed E-state index contributed by atoms with van der Waals surface area (Å²) < 4.78 is 2.46. The van der Waals surface area contributed by atoms with Crippen LogP contribution in [0.2, 0.25) is 0 Å². The first-order valence-corrected chi connectivity index (χ1v) is 8.30. The highest BCUT2D eigenvalue weighted by Crippen LogP contribution is 2.13. The first-order chi connectivity index (χ1) is 12.1. The summed E-state index contributed by atoms with van der Waals surface area (Å²) in [5.41, 5.74) is 1.31. The molecule has 2 heterocycles. The molecular weight excluding hydrogens is 388 g/mol. The van der Waals surface area contributed by atoms with Gasteiger partial charge < -0.3 is 16.0 Å². The number of nitrogens with one attached hydrogen (secondary N) is 3. The van der Waals surface area contributed by atoms with E-state index in [1.54, 1.807) is 36.7 Å². The van der Waals surface area contributed by atoms with Crippen LogP contribution in [0.3, 0.4) is 0 Å². The van der Waals surface area contributed by atoms with Gasteiger partial charge in [0, 0.05) is 35.4 Å². The molecule has 128 valence electrons. The summed E-state index contributed by atoms with van der Waals surface area (Å²) >= 11 is 3.33. The molecule has 9 heteroatoms. The average molecular weight is 403 g/mol. The van der Waals surface area contributed by atoms with E-state index in [2.05, 4.69) is 42.0 Å². The Bertz CT molecular complexity index is 893. The van der Waals surface area contributed by atoms with E-state index >= 15 is 0 Å². The molecule has 0 saturated heterocycles. The fraction of sp³-hybridized carbons (Fsp3) is 0.125. The SMILES string of the molecule is O=C(CCNC(=O)Nc1ccc(Br)cc1)Nc1ccnc2ccnn12. The molecular formula is C16H15BrN6O2. The van der Waals surface area contributed by atoms with Crippen molar-refractivity contribution in [2.45, 2.75) is 6.42 Å². The molecule has 25 heavy (non-hydrogen) atoms. The Morgan fingerprint density at radius 2 is 1.84 bits per heavy atom. The number of anilines is 2. The van der Waals surface area contributed by atoms with Crippen LogP contribution in [0.5, 0.6) is 0 Å². The number of amides is 3. The molecule has 0 bridgehead atoms. The molecule has 0 atom stereocenters. The largest absolute Gasteiger partial charge is 0.337 e. The van der Waals surface area contributed by atoms with Gasteiger partial charge in [-0.05, 0) is 30.3 Å². The summed E-state index contributed by atoms with van der Waals surface area (Å²) in [6.07, 6.45) is 3.33. The van der Waals surface area contributed by atoms with Crippen LogP contribution >= 0.6 is 15.9 Å². The summed E-state index contributed by atoms with van der Waals surface area (Å²) in [5.74, 6) is 0.297. The fourth-order valence-corrected chi connectivity index (χ4v) is 2.40. The highest BCUT2D eigenvalue weighted by Gasteiger charge is 2.08. The van der Waals surface area contributed by atoms with E-state index in [0.29, 0.717) is 17.2 Å². The van der Waals surface area contributed by atoms with E-state index in [1.165, 1.54) is 4.52 Å². The lowest BCUT2D eigenvalue weighted by Gasteiger charge is -2.09. The Labute approximate surface area is 151 Å². The minimum absolute atomic E-state index is 0.138. The van der Waals surface area contributed by atoms with Crippen molar-refractivity contribution < 1.29 is 9.59 Å². The molecule has 8 nitrogen and oxygen atoms in total. The monoisotopic (exact) mass is 402 g/mol. The number of hydrogen-bond donors (Lipinski definition) is 3. The van der Waals surface area contributed by atoms with Crippen LogP contribution in [0.15, 0.2) is 53.3 Å². The van der Waals surface area contributed by atoms with Crippen molar-refractivity contribution >= 4 is 45.0 Å². The van der Waals surface area contributed by atoms with Crippen molar-refractivity contribution in [3.63, 3.8) is 0 Å². The Morgan fingerprint density at radius 1 is 1.04 bits per heavy atom. The number of carbonyl (C=O) groups excluding carboxylic acids is 2. The summed E-state index contributed by atoms with van der Waals surface area (Å²) in [6.45, 7) is 0.210. The zero-order valence-electron chi connectivity index (χ0n) is 13.1. The second-order valence-electron chi connectivity index (χ2n) is 5.12. The number of rotatable bonds is 5. The van der Waals surface area contributed by atoms with Crippen LogP contribution in [0, 0.1) is 0 Å². The third-order valence-corrected chi connectivity index (χ3v) is 3.83. The van der Waals surface area contributed by atoms with Crippen molar-refractivity contribution in [1.82, 2.24) is 19.9 Å². The maximum atomic E-state index is 12.0.